The number of carbonyl (C=O) groups excluding carboxylic acids is 1. The number of halogens is 1. The van der Waals surface area contributed by atoms with Gasteiger partial charge >= 0.3 is 0 Å². The van der Waals surface area contributed by atoms with E-state index in [2.05, 4.69) is 39.9 Å². The van der Waals surface area contributed by atoms with Crippen molar-refractivity contribution in [2.24, 2.45) is 0 Å². The topological polar surface area (TPSA) is 36.4 Å². The van der Waals surface area contributed by atoms with Crippen LogP contribution in [0.25, 0.3) is 0 Å². The van der Waals surface area contributed by atoms with Crippen molar-refractivity contribution >= 4 is 21.8 Å². The second-order valence-corrected chi connectivity index (χ2v) is 5.69. The van der Waals surface area contributed by atoms with Gasteiger partial charge in [-0.05, 0) is 55.0 Å². The van der Waals surface area contributed by atoms with Gasteiger partial charge in [0.1, 0.15) is 4.60 Å². The zero-order valence-electron chi connectivity index (χ0n) is 10.8. The van der Waals surface area contributed by atoms with Crippen LogP contribution in [0.4, 0.5) is 0 Å². The van der Waals surface area contributed by atoms with Crippen molar-refractivity contribution < 1.29 is 4.79 Å². The van der Waals surface area contributed by atoms with E-state index in [-0.39, 0.29) is 5.91 Å². The van der Waals surface area contributed by atoms with Crippen LogP contribution in [-0.2, 0) is 0 Å². The Morgan fingerprint density at radius 3 is 3.00 bits per heavy atom. The van der Waals surface area contributed by atoms with E-state index in [1.54, 1.807) is 18.3 Å². The molecule has 4 nitrogen and oxygen atoms in total. The Kier molecular flexibility index (Phi) is 4.35. The van der Waals surface area contributed by atoms with E-state index in [0.29, 0.717) is 16.2 Å². The zero-order chi connectivity index (χ0) is 13.1. The second kappa shape index (κ2) is 5.80. The smallest absolute Gasteiger partial charge is 0.254 e. The van der Waals surface area contributed by atoms with Crippen molar-refractivity contribution in [3.8, 4) is 0 Å². The van der Waals surface area contributed by atoms with Gasteiger partial charge in [0.25, 0.3) is 5.91 Å². The molecular formula is C13H18BrN3O. The molecule has 1 aliphatic rings. The number of hydrogen-bond donors (Lipinski definition) is 0. The summed E-state index contributed by atoms with van der Waals surface area (Å²) in [7, 11) is 4.14. The maximum absolute atomic E-state index is 12.4. The third kappa shape index (κ3) is 3.09. The molecular weight excluding hydrogens is 294 g/mol. The fraction of sp³-hybridized carbons (Fsp3) is 0.538. The Morgan fingerprint density at radius 1 is 1.56 bits per heavy atom. The minimum atomic E-state index is 0.102. The highest BCUT2D eigenvalue weighted by Gasteiger charge is 2.25. The van der Waals surface area contributed by atoms with Crippen LogP contribution < -0.4 is 0 Å². The molecule has 1 saturated heterocycles. The number of likely N-dealkylation sites (tertiary alicyclic amines) is 1. The monoisotopic (exact) mass is 311 g/mol. The lowest BCUT2D eigenvalue weighted by molar-refractivity contribution is 0.0635. The third-order valence-corrected chi connectivity index (χ3v) is 3.82. The van der Waals surface area contributed by atoms with E-state index in [0.717, 1.165) is 25.9 Å². The number of carbonyl (C=O) groups is 1. The molecule has 1 amide bonds. The van der Waals surface area contributed by atoms with Gasteiger partial charge in [-0.1, -0.05) is 0 Å². The van der Waals surface area contributed by atoms with E-state index in [9.17, 15) is 4.79 Å². The minimum absolute atomic E-state index is 0.102. The van der Waals surface area contributed by atoms with E-state index >= 15 is 0 Å². The van der Waals surface area contributed by atoms with Crippen LogP contribution in [0.1, 0.15) is 23.2 Å². The van der Waals surface area contributed by atoms with Crippen LogP contribution in [0.3, 0.4) is 0 Å². The molecule has 1 aliphatic heterocycles. The number of pyridine rings is 1. The van der Waals surface area contributed by atoms with E-state index in [4.69, 9.17) is 0 Å². The zero-order valence-corrected chi connectivity index (χ0v) is 12.4. The van der Waals surface area contributed by atoms with Crippen molar-refractivity contribution in [3.05, 3.63) is 28.5 Å². The molecule has 98 valence electrons. The maximum Gasteiger partial charge on any atom is 0.254 e. The Morgan fingerprint density at radius 2 is 2.33 bits per heavy atom. The van der Waals surface area contributed by atoms with E-state index in [1.807, 2.05) is 4.90 Å². The standard InChI is InChI=1S/C13H18BrN3O/c1-16(2)11-4-3-7-17(9-11)13(18)10-5-6-15-12(14)8-10/h5-6,8,11H,3-4,7,9H2,1-2H3. The van der Waals surface area contributed by atoms with Gasteiger partial charge in [0.15, 0.2) is 0 Å². The van der Waals surface area contributed by atoms with Gasteiger partial charge in [0.05, 0.1) is 0 Å². The number of rotatable bonds is 2. The number of piperidine rings is 1. The summed E-state index contributed by atoms with van der Waals surface area (Å²) in [4.78, 5) is 20.6. The highest BCUT2D eigenvalue weighted by molar-refractivity contribution is 9.10. The molecule has 0 spiro atoms. The molecule has 0 N–H and O–H groups in total. The van der Waals surface area contributed by atoms with Crippen molar-refractivity contribution in [2.45, 2.75) is 18.9 Å². The first-order chi connectivity index (χ1) is 8.58. The first-order valence-electron chi connectivity index (χ1n) is 6.15. The molecule has 2 heterocycles. The number of hydrogen-bond acceptors (Lipinski definition) is 3. The van der Waals surface area contributed by atoms with Gasteiger partial charge in [0.2, 0.25) is 0 Å². The molecule has 0 saturated carbocycles. The lowest BCUT2D eigenvalue weighted by atomic mass is 10.0. The Bertz CT molecular complexity index is 436. The van der Waals surface area contributed by atoms with Gasteiger partial charge in [-0.15, -0.1) is 0 Å². The summed E-state index contributed by atoms with van der Waals surface area (Å²) in [6.07, 6.45) is 3.89. The Hall–Kier alpha value is -0.940. The molecule has 1 aromatic heterocycles. The van der Waals surface area contributed by atoms with Gasteiger partial charge < -0.3 is 9.80 Å². The summed E-state index contributed by atoms with van der Waals surface area (Å²) in [5.41, 5.74) is 0.705. The Balaban J connectivity index is 2.09. The number of likely N-dealkylation sites (N-methyl/N-ethyl adjacent to an activating group) is 1. The summed E-state index contributed by atoms with van der Waals surface area (Å²) in [6.45, 7) is 1.66. The lowest BCUT2D eigenvalue weighted by Crippen LogP contribution is -2.47. The van der Waals surface area contributed by atoms with Crippen molar-refractivity contribution in [1.29, 1.82) is 0 Å². The predicted molar refractivity (Wildman–Crippen MR) is 74.5 cm³/mol. The molecule has 18 heavy (non-hydrogen) atoms. The Labute approximate surface area is 116 Å². The molecule has 0 aliphatic carbocycles. The van der Waals surface area contributed by atoms with Crippen LogP contribution >= 0.6 is 15.9 Å². The molecule has 5 heteroatoms. The van der Waals surface area contributed by atoms with Crippen LogP contribution in [-0.4, -0.2) is 53.9 Å². The fourth-order valence-electron chi connectivity index (χ4n) is 2.28. The molecule has 0 radical (unpaired) electrons. The second-order valence-electron chi connectivity index (χ2n) is 4.88. The maximum atomic E-state index is 12.4. The average molecular weight is 312 g/mol. The average Bonchev–Trinajstić information content (AvgIpc) is 2.38. The number of aromatic nitrogens is 1. The molecule has 1 aromatic rings. The van der Waals surface area contributed by atoms with Gasteiger partial charge in [0, 0.05) is 30.9 Å². The summed E-state index contributed by atoms with van der Waals surface area (Å²) >= 11 is 3.30. The van der Waals surface area contributed by atoms with Crippen LogP contribution in [0.5, 0.6) is 0 Å². The predicted octanol–water partition coefficient (Wildman–Crippen LogP) is 2.01. The molecule has 0 aromatic carbocycles. The number of nitrogens with zero attached hydrogens (tertiary/aromatic N) is 3. The van der Waals surface area contributed by atoms with Gasteiger partial charge in [-0.2, -0.15) is 0 Å². The summed E-state index contributed by atoms with van der Waals surface area (Å²) in [5, 5.41) is 0. The highest BCUT2D eigenvalue weighted by Crippen LogP contribution is 2.17. The van der Waals surface area contributed by atoms with Crippen molar-refractivity contribution in [3.63, 3.8) is 0 Å². The SMILES string of the molecule is CN(C)C1CCCN(C(=O)c2ccnc(Br)c2)C1. The molecule has 2 rings (SSSR count). The molecule has 1 atom stereocenters. The highest BCUT2D eigenvalue weighted by atomic mass is 79.9. The van der Waals surface area contributed by atoms with Gasteiger partial charge in [-0.25, -0.2) is 4.98 Å². The van der Waals surface area contributed by atoms with Crippen molar-refractivity contribution in [1.82, 2.24) is 14.8 Å². The van der Waals surface area contributed by atoms with Crippen LogP contribution in [0, 0.1) is 0 Å². The number of amides is 1. The fourth-order valence-corrected chi connectivity index (χ4v) is 2.64. The van der Waals surface area contributed by atoms with Gasteiger partial charge in [-0.3, -0.25) is 4.79 Å². The first-order valence-corrected chi connectivity index (χ1v) is 6.94. The molecule has 0 bridgehead atoms. The lowest BCUT2D eigenvalue weighted by Gasteiger charge is -2.36. The first kappa shape index (κ1) is 13.5. The van der Waals surface area contributed by atoms with Crippen molar-refractivity contribution in [2.75, 3.05) is 27.2 Å². The quantitative estimate of drug-likeness (QED) is 0.784. The molecule has 1 unspecified atom stereocenters. The van der Waals surface area contributed by atoms with E-state index in [1.165, 1.54) is 0 Å². The van der Waals surface area contributed by atoms with E-state index < -0.39 is 0 Å². The summed E-state index contributed by atoms with van der Waals surface area (Å²) in [5.74, 6) is 0.102. The summed E-state index contributed by atoms with van der Waals surface area (Å²) < 4.78 is 0.703. The van der Waals surface area contributed by atoms with Crippen LogP contribution in [0.15, 0.2) is 22.9 Å². The van der Waals surface area contributed by atoms with Crippen LogP contribution in [0.2, 0.25) is 0 Å². The minimum Gasteiger partial charge on any atom is -0.337 e. The third-order valence-electron chi connectivity index (χ3n) is 3.39. The summed E-state index contributed by atoms with van der Waals surface area (Å²) in [6, 6.07) is 4.02. The normalized spacial score (nSPS) is 20.2. The molecule has 1 fully saturated rings. The largest absolute Gasteiger partial charge is 0.337 e.